The molecule has 2 aromatic rings. The molecule has 0 amide bonds. The first kappa shape index (κ1) is 24.8. The van der Waals surface area contributed by atoms with E-state index in [-0.39, 0.29) is 10.9 Å². The third kappa shape index (κ3) is 8.66. The van der Waals surface area contributed by atoms with Crippen molar-refractivity contribution in [2.45, 2.75) is 71.0 Å². The molecule has 0 aliphatic rings. The number of aromatic nitrogens is 3. The quantitative estimate of drug-likeness (QED) is 0.356. The Labute approximate surface area is 185 Å². The van der Waals surface area contributed by atoms with E-state index in [1.807, 2.05) is 4.57 Å². The molecule has 0 bridgehead atoms. The number of rotatable bonds is 11. The van der Waals surface area contributed by atoms with Crippen LogP contribution in [0.3, 0.4) is 0 Å². The summed E-state index contributed by atoms with van der Waals surface area (Å²) in [5, 5.41) is 20.1. The molecule has 0 aliphatic carbocycles. The van der Waals surface area contributed by atoms with Gasteiger partial charge in [0, 0.05) is 25.6 Å². The van der Waals surface area contributed by atoms with Crippen LogP contribution in [0.2, 0.25) is 0 Å². The van der Waals surface area contributed by atoms with Crippen LogP contribution in [0.1, 0.15) is 51.9 Å². The minimum absolute atomic E-state index is 0.0969. The lowest BCUT2D eigenvalue weighted by molar-refractivity contribution is 0.487. The average Bonchev–Trinajstić information content (AvgIpc) is 3.17. The van der Waals surface area contributed by atoms with Crippen molar-refractivity contribution in [3.05, 3.63) is 42.0 Å². The lowest BCUT2D eigenvalue weighted by Gasteiger charge is -2.19. The topological polar surface area (TPSA) is 127 Å². The van der Waals surface area contributed by atoms with Gasteiger partial charge in [-0.2, -0.15) is 0 Å². The Morgan fingerprint density at radius 3 is 2.52 bits per heavy atom. The lowest BCUT2D eigenvalue weighted by Crippen LogP contribution is -2.43. The van der Waals surface area contributed by atoms with E-state index in [4.69, 9.17) is 5.14 Å². The summed E-state index contributed by atoms with van der Waals surface area (Å²) >= 11 is 0. The van der Waals surface area contributed by atoms with Gasteiger partial charge in [0.1, 0.15) is 12.2 Å². The molecule has 0 aliphatic heterocycles. The van der Waals surface area contributed by atoms with Crippen LogP contribution in [0.5, 0.6) is 0 Å². The number of aliphatic imine (C=N–C) groups is 1. The molecular weight excluding hydrogens is 414 g/mol. The van der Waals surface area contributed by atoms with Crippen LogP contribution in [0.4, 0.5) is 0 Å². The van der Waals surface area contributed by atoms with Crippen molar-refractivity contribution in [3.63, 3.8) is 0 Å². The Morgan fingerprint density at radius 1 is 1.19 bits per heavy atom. The number of guanidine groups is 1. The van der Waals surface area contributed by atoms with Crippen molar-refractivity contribution < 1.29 is 8.42 Å². The number of hydrogen-bond donors (Lipinski definition) is 3. The molecule has 31 heavy (non-hydrogen) atoms. The Balaban J connectivity index is 2.02. The predicted molar refractivity (Wildman–Crippen MR) is 123 cm³/mol. The van der Waals surface area contributed by atoms with Gasteiger partial charge in [0.15, 0.2) is 5.96 Å². The maximum Gasteiger partial charge on any atom is 0.238 e. The van der Waals surface area contributed by atoms with Crippen molar-refractivity contribution in [1.29, 1.82) is 0 Å². The molecule has 1 aromatic heterocycles. The highest BCUT2D eigenvalue weighted by molar-refractivity contribution is 7.89. The molecule has 0 radical (unpaired) electrons. The van der Waals surface area contributed by atoms with Gasteiger partial charge in [-0.05, 0) is 43.4 Å². The number of benzene rings is 1. The van der Waals surface area contributed by atoms with Gasteiger partial charge < -0.3 is 15.2 Å². The first-order chi connectivity index (χ1) is 14.7. The summed E-state index contributed by atoms with van der Waals surface area (Å²) in [7, 11) is -3.69. The van der Waals surface area contributed by atoms with Crippen LogP contribution in [0, 0.1) is 5.92 Å². The van der Waals surface area contributed by atoms with Gasteiger partial charge >= 0.3 is 0 Å². The molecule has 1 atom stereocenters. The number of nitrogens with two attached hydrogens (primary N) is 1. The molecule has 2 rings (SSSR count). The van der Waals surface area contributed by atoms with Crippen LogP contribution >= 0.6 is 0 Å². The molecule has 1 unspecified atom stereocenters. The Morgan fingerprint density at radius 2 is 1.90 bits per heavy atom. The largest absolute Gasteiger partial charge is 0.355 e. The summed E-state index contributed by atoms with van der Waals surface area (Å²) in [6.07, 6.45) is 4.76. The zero-order chi connectivity index (χ0) is 22.9. The zero-order valence-corrected chi connectivity index (χ0v) is 19.7. The maximum atomic E-state index is 11.4. The Hall–Kier alpha value is -2.46. The van der Waals surface area contributed by atoms with Crippen LogP contribution in [-0.2, 0) is 29.5 Å². The first-order valence-corrected chi connectivity index (χ1v) is 12.3. The van der Waals surface area contributed by atoms with Crippen LogP contribution in [-0.4, -0.2) is 41.7 Å². The van der Waals surface area contributed by atoms with E-state index in [9.17, 15) is 8.42 Å². The minimum Gasteiger partial charge on any atom is -0.355 e. The maximum absolute atomic E-state index is 11.4. The summed E-state index contributed by atoms with van der Waals surface area (Å²) in [6, 6.07) is 6.75. The second-order valence-electron chi connectivity index (χ2n) is 8.09. The number of hydrogen-bond acceptors (Lipinski definition) is 5. The highest BCUT2D eigenvalue weighted by Gasteiger charge is 2.09. The second-order valence-corrected chi connectivity index (χ2v) is 9.65. The van der Waals surface area contributed by atoms with Gasteiger partial charge in [-0.25, -0.2) is 18.5 Å². The summed E-state index contributed by atoms with van der Waals surface area (Å²) in [5.41, 5.74) is 0.899. The molecule has 1 heterocycles. The molecule has 172 valence electrons. The van der Waals surface area contributed by atoms with E-state index in [1.165, 1.54) is 12.1 Å². The fourth-order valence-electron chi connectivity index (χ4n) is 3.03. The average molecular weight is 450 g/mol. The van der Waals surface area contributed by atoms with E-state index in [0.29, 0.717) is 19.0 Å². The lowest BCUT2D eigenvalue weighted by atomic mass is 10.0. The number of nitrogens with zero attached hydrogens (tertiary/aromatic N) is 4. The van der Waals surface area contributed by atoms with Crippen molar-refractivity contribution in [2.75, 3.05) is 6.54 Å². The monoisotopic (exact) mass is 449 g/mol. The fourth-order valence-corrected chi connectivity index (χ4v) is 3.55. The van der Waals surface area contributed by atoms with Gasteiger partial charge in [0.05, 0.1) is 11.4 Å². The van der Waals surface area contributed by atoms with E-state index in [2.05, 4.69) is 53.5 Å². The highest BCUT2D eigenvalue weighted by Crippen LogP contribution is 2.10. The van der Waals surface area contributed by atoms with Gasteiger partial charge in [0.25, 0.3) is 0 Å². The van der Waals surface area contributed by atoms with Gasteiger partial charge in [-0.1, -0.05) is 32.9 Å². The van der Waals surface area contributed by atoms with Crippen LogP contribution in [0.25, 0.3) is 0 Å². The molecule has 10 heteroatoms. The summed E-state index contributed by atoms with van der Waals surface area (Å²) in [5.74, 6) is 2.32. The van der Waals surface area contributed by atoms with Gasteiger partial charge in [0.2, 0.25) is 10.0 Å². The normalized spacial score (nSPS) is 13.4. The highest BCUT2D eigenvalue weighted by atomic mass is 32.2. The number of primary sulfonamides is 1. The summed E-state index contributed by atoms with van der Waals surface area (Å²) in [4.78, 5) is 4.78. The Bertz CT molecular complexity index is 937. The van der Waals surface area contributed by atoms with E-state index < -0.39 is 10.0 Å². The summed E-state index contributed by atoms with van der Waals surface area (Å²) in [6.45, 7) is 10.5. The van der Waals surface area contributed by atoms with Crippen LogP contribution in [0.15, 0.2) is 40.5 Å². The molecule has 0 spiro atoms. The molecule has 1 aromatic carbocycles. The number of nitrogens with one attached hydrogen (secondary N) is 2. The molecule has 0 saturated carbocycles. The third-order valence-corrected chi connectivity index (χ3v) is 5.82. The second kappa shape index (κ2) is 11.8. The van der Waals surface area contributed by atoms with E-state index in [0.717, 1.165) is 43.2 Å². The predicted octanol–water partition coefficient (Wildman–Crippen LogP) is 2.05. The molecule has 9 nitrogen and oxygen atoms in total. The van der Waals surface area contributed by atoms with E-state index in [1.54, 1.807) is 18.5 Å². The Kier molecular flexibility index (Phi) is 9.44. The molecule has 0 fully saturated rings. The fraction of sp³-hybridized carbons (Fsp3) is 0.571. The van der Waals surface area contributed by atoms with Crippen molar-refractivity contribution in [2.24, 2.45) is 16.0 Å². The summed E-state index contributed by atoms with van der Waals surface area (Å²) < 4.78 is 24.9. The van der Waals surface area contributed by atoms with Gasteiger partial charge in [-0.3, -0.25) is 0 Å². The molecular formula is C21H35N7O2S. The van der Waals surface area contributed by atoms with Crippen molar-refractivity contribution in [3.8, 4) is 0 Å². The smallest absolute Gasteiger partial charge is 0.238 e. The third-order valence-electron chi connectivity index (χ3n) is 4.89. The number of sulfonamides is 1. The SMILES string of the molecule is CCc1nncn1CCNC(=NCc1ccc(S(N)(=O)=O)cc1)NC(C)CCC(C)C. The standard InChI is InChI=1S/C21H35N7O2S/c1-5-20-27-25-15-28(20)13-12-23-21(26-17(4)7-6-16(2)3)24-14-18-8-10-19(11-9-18)31(22,29)30/h8-11,15-17H,5-7,12-14H2,1-4H3,(H2,22,29,30)(H2,23,24,26). The first-order valence-electron chi connectivity index (χ1n) is 10.7. The molecule has 4 N–H and O–H groups in total. The number of aryl methyl sites for hydroxylation is 1. The van der Waals surface area contributed by atoms with Crippen molar-refractivity contribution in [1.82, 2.24) is 25.4 Å². The zero-order valence-electron chi connectivity index (χ0n) is 18.9. The van der Waals surface area contributed by atoms with E-state index >= 15 is 0 Å². The van der Waals surface area contributed by atoms with Gasteiger partial charge in [-0.15, -0.1) is 10.2 Å². The minimum atomic E-state index is -3.69. The molecule has 0 saturated heterocycles. The van der Waals surface area contributed by atoms with Crippen LogP contribution < -0.4 is 15.8 Å². The van der Waals surface area contributed by atoms with Crippen molar-refractivity contribution >= 4 is 16.0 Å².